The number of fused-ring (bicyclic) bond motifs is 1. The molecule has 3 rings (SSSR count). The molecule has 0 saturated heterocycles. The lowest BCUT2D eigenvalue weighted by atomic mass is 9.82. The van der Waals surface area contributed by atoms with Crippen molar-refractivity contribution in [2.45, 2.75) is 18.3 Å². The summed E-state index contributed by atoms with van der Waals surface area (Å²) in [4.78, 5) is 0. The Labute approximate surface area is 126 Å². The Morgan fingerprint density at radius 3 is 2.29 bits per heavy atom. The highest BCUT2D eigenvalue weighted by molar-refractivity contribution is 5.70. The smallest absolute Gasteiger partial charge is 0.0581 e. The topological polar surface area (TPSA) is 18.5 Å². The van der Waals surface area contributed by atoms with E-state index in [9.17, 15) is 0 Å². The van der Waals surface area contributed by atoms with Gasteiger partial charge in [0.05, 0.1) is 13.2 Å². The highest BCUT2D eigenvalue weighted by Gasteiger charge is 2.39. The van der Waals surface area contributed by atoms with Gasteiger partial charge in [-0.15, -0.1) is 0 Å². The average molecular weight is 282 g/mol. The Morgan fingerprint density at radius 1 is 0.905 bits per heavy atom. The molecule has 2 aromatic carbocycles. The zero-order chi connectivity index (χ0) is 14.7. The lowest BCUT2D eigenvalue weighted by Gasteiger charge is -2.29. The van der Waals surface area contributed by atoms with Gasteiger partial charge in [0.1, 0.15) is 0 Å². The van der Waals surface area contributed by atoms with Gasteiger partial charge in [0.2, 0.25) is 0 Å². The van der Waals surface area contributed by atoms with Gasteiger partial charge < -0.3 is 9.47 Å². The number of rotatable bonds is 5. The number of ether oxygens (including phenoxy) is 2. The van der Waals surface area contributed by atoms with Gasteiger partial charge in [-0.25, -0.2) is 0 Å². The molecule has 0 aromatic heterocycles. The summed E-state index contributed by atoms with van der Waals surface area (Å²) in [6.07, 6.45) is 2.18. The highest BCUT2D eigenvalue weighted by atomic mass is 16.5. The van der Waals surface area contributed by atoms with Crippen LogP contribution >= 0.6 is 0 Å². The van der Waals surface area contributed by atoms with Crippen LogP contribution in [0.15, 0.2) is 48.5 Å². The van der Waals surface area contributed by atoms with Crippen LogP contribution in [0.25, 0.3) is 11.1 Å². The molecule has 0 radical (unpaired) electrons. The third-order valence-corrected chi connectivity index (χ3v) is 4.53. The molecule has 0 heterocycles. The van der Waals surface area contributed by atoms with E-state index < -0.39 is 0 Å². The summed E-state index contributed by atoms with van der Waals surface area (Å²) in [6, 6.07) is 17.3. The van der Waals surface area contributed by atoms with Gasteiger partial charge in [0.25, 0.3) is 0 Å². The van der Waals surface area contributed by atoms with Gasteiger partial charge in [-0.2, -0.15) is 0 Å². The molecule has 1 aliphatic rings. The van der Waals surface area contributed by atoms with Gasteiger partial charge in [-0.3, -0.25) is 0 Å². The first-order valence-electron chi connectivity index (χ1n) is 7.46. The molecule has 0 atom stereocenters. The van der Waals surface area contributed by atoms with Gasteiger partial charge in [0, 0.05) is 19.6 Å². The van der Waals surface area contributed by atoms with Gasteiger partial charge in [-0.1, -0.05) is 48.5 Å². The highest BCUT2D eigenvalue weighted by Crippen LogP contribution is 2.43. The summed E-state index contributed by atoms with van der Waals surface area (Å²) in [5.41, 5.74) is 5.50. The second-order valence-electron chi connectivity index (χ2n) is 5.84. The van der Waals surface area contributed by atoms with E-state index in [4.69, 9.17) is 9.47 Å². The molecule has 0 saturated carbocycles. The maximum absolute atomic E-state index is 5.50. The normalized spacial score (nSPS) is 15.9. The van der Waals surface area contributed by atoms with E-state index in [1.807, 2.05) is 0 Å². The summed E-state index contributed by atoms with van der Waals surface area (Å²) >= 11 is 0. The molecule has 0 aliphatic heterocycles. The molecule has 0 spiro atoms. The zero-order valence-corrected chi connectivity index (χ0v) is 12.8. The van der Waals surface area contributed by atoms with Crippen LogP contribution < -0.4 is 0 Å². The predicted octanol–water partition coefficient (Wildman–Crippen LogP) is 3.83. The lowest BCUT2D eigenvalue weighted by Crippen LogP contribution is -2.34. The fraction of sp³-hybridized carbons (Fsp3) is 0.368. The third-order valence-electron chi connectivity index (χ3n) is 4.53. The molecule has 110 valence electrons. The summed E-state index contributed by atoms with van der Waals surface area (Å²) in [6.45, 7) is 1.43. The SMILES string of the molecule is COCC1(COC)CCc2c(-c3ccccc3)cccc21. The molecular weight excluding hydrogens is 260 g/mol. The van der Waals surface area contributed by atoms with Crippen LogP contribution in [0.5, 0.6) is 0 Å². The van der Waals surface area contributed by atoms with Crippen LogP contribution in [0, 0.1) is 0 Å². The monoisotopic (exact) mass is 282 g/mol. The van der Waals surface area contributed by atoms with Crippen molar-refractivity contribution in [1.29, 1.82) is 0 Å². The fourth-order valence-corrected chi connectivity index (χ4v) is 3.63. The molecule has 0 bridgehead atoms. The van der Waals surface area contributed by atoms with Crippen LogP contribution in [0.1, 0.15) is 17.5 Å². The van der Waals surface area contributed by atoms with Crippen molar-refractivity contribution >= 4 is 0 Å². The van der Waals surface area contributed by atoms with E-state index in [0.717, 1.165) is 12.8 Å². The predicted molar refractivity (Wildman–Crippen MR) is 85.6 cm³/mol. The Morgan fingerprint density at radius 2 is 1.62 bits per heavy atom. The Bertz CT molecular complexity index is 598. The summed E-state index contributed by atoms with van der Waals surface area (Å²) < 4.78 is 11.0. The van der Waals surface area contributed by atoms with Crippen molar-refractivity contribution in [3.63, 3.8) is 0 Å². The second kappa shape index (κ2) is 6.00. The van der Waals surface area contributed by atoms with Crippen molar-refractivity contribution in [2.24, 2.45) is 0 Å². The Balaban J connectivity index is 2.08. The minimum atomic E-state index is 0.00359. The molecule has 2 heteroatoms. The molecule has 0 N–H and O–H groups in total. The van der Waals surface area contributed by atoms with Gasteiger partial charge in [0.15, 0.2) is 0 Å². The molecule has 0 unspecified atom stereocenters. The number of benzene rings is 2. The van der Waals surface area contributed by atoms with Crippen molar-refractivity contribution in [3.8, 4) is 11.1 Å². The van der Waals surface area contributed by atoms with Gasteiger partial charge >= 0.3 is 0 Å². The first-order chi connectivity index (χ1) is 10.3. The summed E-state index contributed by atoms with van der Waals surface area (Å²) in [5, 5.41) is 0. The molecular formula is C19H22O2. The largest absolute Gasteiger partial charge is 0.384 e. The Hall–Kier alpha value is -1.64. The van der Waals surface area contributed by atoms with Crippen LogP contribution in [0.3, 0.4) is 0 Å². The number of hydrogen-bond donors (Lipinski definition) is 0. The minimum absolute atomic E-state index is 0.00359. The molecule has 1 aliphatic carbocycles. The first-order valence-corrected chi connectivity index (χ1v) is 7.46. The molecule has 2 aromatic rings. The van der Waals surface area contributed by atoms with Gasteiger partial charge in [-0.05, 0) is 35.1 Å². The Kier molecular flexibility index (Phi) is 4.09. The van der Waals surface area contributed by atoms with Crippen molar-refractivity contribution in [1.82, 2.24) is 0 Å². The molecule has 0 fully saturated rings. The van der Waals surface area contributed by atoms with Crippen LogP contribution in [-0.4, -0.2) is 27.4 Å². The number of methoxy groups -OCH3 is 2. The van der Waals surface area contributed by atoms with E-state index in [1.165, 1.54) is 22.3 Å². The third kappa shape index (κ3) is 2.50. The van der Waals surface area contributed by atoms with Crippen LogP contribution in [-0.2, 0) is 21.3 Å². The van der Waals surface area contributed by atoms with E-state index in [0.29, 0.717) is 13.2 Å². The second-order valence-corrected chi connectivity index (χ2v) is 5.84. The van der Waals surface area contributed by atoms with Crippen molar-refractivity contribution < 1.29 is 9.47 Å². The average Bonchev–Trinajstić information content (AvgIpc) is 2.88. The maximum atomic E-state index is 5.50. The van der Waals surface area contributed by atoms with Crippen molar-refractivity contribution in [3.05, 3.63) is 59.7 Å². The first kappa shape index (κ1) is 14.3. The van der Waals surface area contributed by atoms with E-state index in [-0.39, 0.29) is 5.41 Å². The lowest BCUT2D eigenvalue weighted by molar-refractivity contribution is 0.0599. The summed E-state index contributed by atoms with van der Waals surface area (Å²) in [5.74, 6) is 0. The fourth-order valence-electron chi connectivity index (χ4n) is 3.63. The standard InChI is InChI=1S/C19H22O2/c1-20-13-19(14-21-2)12-11-17-16(9-6-10-18(17)19)15-7-4-3-5-8-15/h3-10H,11-14H2,1-2H3. The van der Waals surface area contributed by atoms with Crippen LogP contribution in [0.2, 0.25) is 0 Å². The summed E-state index contributed by atoms with van der Waals surface area (Å²) in [7, 11) is 3.55. The molecule has 21 heavy (non-hydrogen) atoms. The molecule has 2 nitrogen and oxygen atoms in total. The quantitative estimate of drug-likeness (QED) is 0.829. The minimum Gasteiger partial charge on any atom is -0.384 e. The zero-order valence-electron chi connectivity index (χ0n) is 12.8. The van der Waals surface area contributed by atoms with Crippen molar-refractivity contribution in [2.75, 3.05) is 27.4 Å². The van der Waals surface area contributed by atoms with Crippen LogP contribution in [0.4, 0.5) is 0 Å². The maximum Gasteiger partial charge on any atom is 0.0581 e. The molecule has 0 amide bonds. The van der Waals surface area contributed by atoms with E-state index in [2.05, 4.69) is 48.5 Å². The van der Waals surface area contributed by atoms with E-state index >= 15 is 0 Å². The number of hydrogen-bond acceptors (Lipinski definition) is 2. The van der Waals surface area contributed by atoms with E-state index in [1.54, 1.807) is 14.2 Å².